The van der Waals surface area contributed by atoms with Crippen LogP contribution in [0, 0.1) is 0 Å². The van der Waals surface area contributed by atoms with Crippen LogP contribution in [-0.2, 0) is 4.74 Å². The van der Waals surface area contributed by atoms with Gasteiger partial charge in [0.15, 0.2) is 0 Å². The normalized spacial score (nSPS) is 10.6. The molecule has 0 rings (SSSR count). The van der Waals surface area contributed by atoms with Gasteiger partial charge in [0.05, 0.1) is 18.2 Å². The predicted octanol–water partition coefficient (Wildman–Crippen LogP) is -0.787. The fourth-order valence-corrected chi connectivity index (χ4v) is 1.03. The summed E-state index contributed by atoms with van der Waals surface area (Å²) in [6.45, 7) is 2.61. The Balaban J connectivity index is 3.61. The van der Waals surface area contributed by atoms with E-state index in [1.807, 2.05) is 4.90 Å². The van der Waals surface area contributed by atoms with Crippen molar-refractivity contribution in [2.75, 3.05) is 40.0 Å². The van der Waals surface area contributed by atoms with Gasteiger partial charge in [-0.3, -0.25) is 4.90 Å². The highest BCUT2D eigenvalue weighted by atomic mass is 32.1. The third-order valence-corrected chi connectivity index (χ3v) is 1.54. The molecule has 0 unspecified atom stereocenters. The Hall–Kier alpha value is -0.230. The number of aliphatic hydroxyl groups excluding tert-OH is 1. The van der Waals surface area contributed by atoms with Crippen LogP contribution in [0.1, 0.15) is 0 Å². The zero-order chi connectivity index (χ0) is 9.40. The predicted molar refractivity (Wildman–Crippen MR) is 52.2 cm³/mol. The van der Waals surface area contributed by atoms with Crippen LogP contribution in [0.2, 0.25) is 0 Å². The van der Waals surface area contributed by atoms with Crippen molar-refractivity contribution in [2.24, 2.45) is 5.73 Å². The summed E-state index contributed by atoms with van der Waals surface area (Å²) in [4.78, 5) is 2.39. The number of aliphatic hydroxyl groups is 1. The molecule has 0 aliphatic heterocycles. The van der Waals surface area contributed by atoms with E-state index in [2.05, 4.69) is 0 Å². The quantitative estimate of drug-likeness (QED) is 0.518. The minimum absolute atomic E-state index is 0.117. The molecule has 0 aromatic carbocycles. The van der Waals surface area contributed by atoms with Gasteiger partial charge in [-0.05, 0) is 0 Å². The highest BCUT2D eigenvalue weighted by Gasteiger charge is 2.04. The number of ether oxygens (including phenoxy) is 1. The first-order valence-corrected chi connectivity index (χ1v) is 4.22. The van der Waals surface area contributed by atoms with E-state index in [9.17, 15) is 0 Å². The molecule has 0 heterocycles. The summed E-state index contributed by atoms with van der Waals surface area (Å²) in [5.41, 5.74) is 5.36. The Bertz CT molecular complexity index is 133. The van der Waals surface area contributed by atoms with Crippen molar-refractivity contribution in [2.45, 2.75) is 0 Å². The SMILES string of the molecule is COCCN(CCO)CC(N)=S. The Morgan fingerprint density at radius 3 is 2.67 bits per heavy atom. The van der Waals surface area contributed by atoms with Crippen molar-refractivity contribution >= 4 is 17.2 Å². The molecule has 72 valence electrons. The monoisotopic (exact) mass is 192 g/mol. The smallest absolute Gasteiger partial charge is 0.0870 e. The first kappa shape index (κ1) is 11.8. The Kier molecular flexibility index (Phi) is 7.28. The molecule has 12 heavy (non-hydrogen) atoms. The summed E-state index contributed by atoms with van der Waals surface area (Å²) in [6, 6.07) is 0. The molecule has 5 heteroatoms. The molecule has 3 N–H and O–H groups in total. The van der Waals surface area contributed by atoms with Crippen LogP contribution in [0.5, 0.6) is 0 Å². The fourth-order valence-electron chi connectivity index (χ4n) is 0.852. The molecular weight excluding hydrogens is 176 g/mol. The van der Waals surface area contributed by atoms with Crippen molar-refractivity contribution in [1.82, 2.24) is 4.90 Å². The molecule has 0 aliphatic carbocycles. The van der Waals surface area contributed by atoms with Gasteiger partial charge in [-0.15, -0.1) is 0 Å². The Morgan fingerprint density at radius 2 is 2.25 bits per heavy atom. The lowest BCUT2D eigenvalue weighted by molar-refractivity contribution is 0.141. The van der Waals surface area contributed by atoms with Crippen molar-refractivity contribution in [1.29, 1.82) is 0 Å². The second-order valence-corrected chi connectivity index (χ2v) is 2.98. The lowest BCUT2D eigenvalue weighted by Crippen LogP contribution is -2.36. The number of rotatable bonds is 7. The van der Waals surface area contributed by atoms with Gasteiger partial charge in [-0.1, -0.05) is 12.2 Å². The first-order valence-electron chi connectivity index (χ1n) is 3.81. The van der Waals surface area contributed by atoms with Crippen molar-refractivity contribution in [3.05, 3.63) is 0 Å². The highest BCUT2D eigenvalue weighted by Crippen LogP contribution is 1.87. The van der Waals surface area contributed by atoms with Gasteiger partial charge in [-0.25, -0.2) is 0 Å². The third kappa shape index (κ3) is 6.48. The minimum atomic E-state index is 0.117. The molecular formula is C7H16N2O2S. The number of hydrogen-bond acceptors (Lipinski definition) is 4. The van der Waals surface area contributed by atoms with Gasteiger partial charge >= 0.3 is 0 Å². The zero-order valence-electron chi connectivity index (χ0n) is 7.32. The van der Waals surface area contributed by atoms with Crippen LogP contribution < -0.4 is 5.73 Å². The van der Waals surface area contributed by atoms with E-state index in [0.29, 0.717) is 24.7 Å². The summed E-state index contributed by atoms with van der Waals surface area (Å²) in [6.07, 6.45) is 0. The van der Waals surface area contributed by atoms with E-state index in [1.165, 1.54) is 0 Å². The summed E-state index contributed by atoms with van der Waals surface area (Å²) >= 11 is 4.75. The van der Waals surface area contributed by atoms with Gasteiger partial charge in [0, 0.05) is 26.7 Å². The molecule has 0 saturated carbocycles. The molecule has 0 aromatic rings. The molecule has 0 saturated heterocycles. The second kappa shape index (κ2) is 7.42. The maximum absolute atomic E-state index is 8.68. The van der Waals surface area contributed by atoms with Crippen molar-refractivity contribution < 1.29 is 9.84 Å². The van der Waals surface area contributed by atoms with Crippen LogP contribution in [0.3, 0.4) is 0 Å². The van der Waals surface area contributed by atoms with Gasteiger partial charge in [-0.2, -0.15) is 0 Å². The summed E-state index contributed by atoms with van der Waals surface area (Å²) in [5, 5.41) is 8.68. The van der Waals surface area contributed by atoms with Crippen LogP contribution >= 0.6 is 12.2 Å². The molecule has 0 atom stereocenters. The van der Waals surface area contributed by atoms with Gasteiger partial charge in [0.25, 0.3) is 0 Å². The number of nitrogens with two attached hydrogens (primary N) is 1. The second-order valence-electron chi connectivity index (χ2n) is 2.46. The van der Waals surface area contributed by atoms with E-state index in [4.69, 9.17) is 27.8 Å². The van der Waals surface area contributed by atoms with Crippen LogP contribution in [0.4, 0.5) is 0 Å². The largest absolute Gasteiger partial charge is 0.395 e. The maximum atomic E-state index is 8.68. The number of methoxy groups -OCH3 is 1. The average Bonchev–Trinajstić information content (AvgIpc) is 2.00. The highest BCUT2D eigenvalue weighted by molar-refractivity contribution is 7.80. The summed E-state index contributed by atoms with van der Waals surface area (Å²) in [7, 11) is 1.64. The molecule has 0 spiro atoms. The molecule has 0 amide bonds. The van der Waals surface area contributed by atoms with Crippen molar-refractivity contribution in [3.8, 4) is 0 Å². The molecule has 4 nitrogen and oxygen atoms in total. The summed E-state index contributed by atoms with van der Waals surface area (Å²) < 4.78 is 4.89. The molecule has 0 bridgehead atoms. The lowest BCUT2D eigenvalue weighted by atomic mass is 10.4. The Morgan fingerprint density at radius 1 is 1.58 bits per heavy atom. The molecule has 0 aromatic heterocycles. The maximum Gasteiger partial charge on any atom is 0.0870 e. The zero-order valence-corrected chi connectivity index (χ0v) is 8.14. The number of hydrogen-bond donors (Lipinski definition) is 2. The summed E-state index contributed by atoms with van der Waals surface area (Å²) in [5.74, 6) is 0. The number of thiocarbonyl (C=S) groups is 1. The van der Waals surface area contributed by atoms with Gasteiger partial charge in [0.1, 0.15) is 0 Å². The van der Waals surface area contributed by atoms with Crippen LogP contribution in [0.25, 0.3) is 0 Å². The molecule has 0 fully saturated rings. The molecule has 0 aliphatic rings. The molecule has 0 radical (unpaired) electrons. The third-order valence-electron chi connectivity index (χ3n) is 1.41. The number of nitrogens with zero attached hydrogens (tertiary/aromatic N) is 1. The fraction of sp³-hybridized carbons (Fsp3) is 0.857. The topological polar surface area (TPSA) is 58.7 Å². The van der Waals surface area contributed by atoms with E-state index in [1.54, 1.807) is 7.11 Å². The van der Waals surface area contributed by atoms with Gasteiger partial charge in [0.2, 0.25) is 0 Å². The average molecular weight is 192 g/mol. The lowest BCUT2D eigenvalue weighted by Gasteiger charge is -2.19. The van der Waals surface area contributed by atoms with E-state index >= 15 is 0 Å². The van der Waals surface area contributed by atoms with Crippen molar-refractivity contribution in [3.63, 3.8) is 0 Å². The van der Waals surface area contributed by atoms with E-state index < -0.39 is 0 Å². The Labute approximate surface area is 78.3 Å². The van der Waals surface area contributed by atoms with E-state index in [0.717, 1.165) is 6.54 Å². The standard InChI is InChI=1S/C7H16N2O2S/c1-11-5-3-9(2-4-10)6-7(8)12/h10H,2-6H2,1H3,(H2,8,12). The van der Waals surface area contributed by atoms with Crippen LogP contribution in [0.15, 0.2) is 0 Å². The van der Waals surface area contributed by atoms with Crippen LogP contribution in [-0.4, -0.2) is 55.0 Å². The van der Waals surface area contributed by atoms with E-state index in [-0.39, 0.29) is 6.61 Å². The van der Waals surface area contributed by atoms with Gasteiger partial charge < -0.3 is 15.6 Å². The minimum Gasteiger partial charge on any atom is -0.395 e. The first-order chi connectivity index (χ1) is 5.70.